The zero-order chi connectivity index (χ0) is 35.7. The molecule has 2 aromatic carbocycles. The fourth-order valence-corrected chi connectivity index (χ4v) is 7.95. The van der Waals surface area contributed by atoms with Gasteiger partial charge in [0.2, 0.25) is 5.91 Å². The molecule has 16 heteroatoms. The number of alkyl halides is 2. The molecule has 0 aliphatic carbocycles. The van der Waals surface area contributed by atoms with Crippen molar-refractivity contribution in [2.24, 2.45) is 0 Å². The van der Waals surface area contributed by atoms with Gasteiger partial charge >= 0.3 is 13.6 Å². The van der Waals surface area contributed by atoms with E-state index in [1.54, 1.807) is 16.8 Å². The number of aliphatic carboxylic acids is 1. The van der Waals surface area contributed by atoms with Gasteiger partial charge in [-0.15, -0.1) is 23.2 Å². The van der Waals surface area contributed by atoms with Crippen LogP contribution < -0.4 is 10.4 Å². The number of carbonyl (C=O) groups is 2. The van der Waals surface area contributed by atoms with E-state index in [0.29, 0.717) is 43.6 Å². The number of carboxylic acid groups (broad SMARTS) is 1. The lowest BCUT2D eigenvalue weighted by Gasteiger charge is -2.34. The van der Waals surface area contributed by atoms with Crippen molar-refractivity contribution < 1.29 is 32.9 Å². The maximum atomic E-state index is 13.4. The van der Waals surface area contributed by atoms with E-state index in [2.05, 4.69) is 34.0 Å². The molecule has 0 bridgehead atoms. The molecule has 3 N–H and O–H groups in total. The van der Waals surface area contributed by atoms with E-state index in [0.717, 1.165) is 49.0 Å². The summed E-state index contributed by atoms with van der Waals surface area (Å²) in [7, 11) is 1.26. The van der Waals surface area contributed by atoms with Crippen molar-refractivity contribution in [3.63, 3.8) is 0 Å². The van der Waals surface area contributed by atoms with Crippen LogP contribution in [-0.4, -0.2) is 97.0 Å². The van der Waals surface area contributed by atoms with Crippen LogP contribution in [0.5, 0.6) is 0 Å². The van der Waals surface area contributed by atoms with Crippen molar-refractivity contribution in [3.05, 3.63) is 70.5 Å². The van der Waals surface area contributed by atoms with Gasteiger partial charge < -0.3 is 24.6 Å². The zero-order valence-electron chi connectivity index (χ0n) is 27.5. The quantitative estimate of drug-likeness (QED) is 0.123. The van der Waals surface area contributed by atoms with Crippen molar-refractivity contribution in [3.8, 4) is 6.07 Å². The molecule has 2 unspecified atom stereocenters. The van der Waals surface area contributed by atoms with Crippen LogP contribution in [0.2, 0.25) is 0 Å². The Hall–Kier alpha value is -2.24. The van der Waals surface area contributed by atoms with Gasteiger partial charge in [-0.1, -0.05) is 18.2 Å². The van der Waals surface area contributed by atoms with E-state index in [-0.39, 0.29) is 17.5 Å². The third-order valence-electron chi connectivity index (χ3n) is 7.39. The molecule has 1 fully saturated rings. The van der Waals surface area contributed by atoms with Crippen LogP contribution >= 0.6 is 43.5 Å². The van der Waals surface area contributed by atoms with Crippen LogP contribution in [0, 0.1) is 17.1 Å². The summed E-state index contributed by atoms with van der Waals surface area (Å²) in [6.45, 7) is 5.05. The van der Waals surface area contributed by atoms with Crippen LogP contribution in [0.4, 0.5) is 4.39 Å². The number of thiol groups is 1. The fourth-order valence-electron chi connectivity index (χ4n) is 5.16. The van der Waals surface area contributed by atoms with E-state index >= 15 is 0 Å². The van der Waals surface area contributed by atoms with Crippen molar-refractivity contribution in [2.45, 2.75) is 44.4 Å². The number of ether oxygens (including phenoxy) is 1. The largest absolute Gasteiger partial charge is 0.480 e. The van der Waals surface area contributed by atoms with E-state index in [1.807, 2.05) is 32.3 Å². The number of benzene rings is 2. The van der Waals surface area contributed by atoms with E-state index in [9.17, 15) is 18.5 Å². The molecule has 266 valence electrons. The maximum absolute atomic E-state index is 13.4. The molecule has 2 aliphatic heterocycles. The van der Waals surface area contributed by atoms with Gasteiger partial charge in [0.15, 0.2) is 0 Å². The van der Waals surface area contributed by atoms with Crippen molar-refractivity contribution in [1.29, 1.82) is 5.26 Å². The maximum Gasteiger partial charge on any atom is 0.343 e. The number of amides is 1. The van der Waals surface area contributed by atoms with Gasteiger partial charge in [-0.25, -0.2) is 18.9 Å². The van der Waals surface area contributed by atoms with Crippen LogP contribution in [-0.2, 0) is 35.6 Å². The lowest BCUT2D eigenvalue weighted by atomic mass is 9.81. The van der Waals surface area contributed by atoms with Crippen LogP contribution in [0.3, 0.4) is 0 Å². The van der Waals surface area contributed by atoms with E-state index < -0.39 is 25.3 Å². The molecule has 4 rings (SSSR count). The first-order chi connectivity index (χ1) is 22.8. The average molecular weight is 749 g/mol. The van der Waals surface area contributed by atoms with Gasteiger partial charge in [-0.05, 0) is 80.9 Å². The highest BCUT2D eigenvalue weighted by Gasteiger charge is 2.41. The molecule has 0 spiro atoms. The third kappa shape index (κ3) is 12.6. The minimum absolute atomic E-state index is 0.106. The molecule has 2 aromatic rings. The summed E-state index contributed by atoms with van der Waals surface area (Å²) in [5, 5.41) is 22.5. The molecule has 2 heterocycles. The Morgan fingerprint density at radius 3 is 2.48 bits per heavy atom. The van der Waals surface area contributed by atoms with Crippen LogP contribution in [0.15, 0.2) is 42.5 Å². The molecule has 2 aliphatic rings. The number of nitrogens with zero attached hydrogens (tertiary/aromatic N) is 3. The first-order valence-corrected chi connectivity index (χ1v) is 18.7. The molecule has 0 aromatic heterocycles. The first-order valence-electron chi connectivity index (χ1n) is 15.4. The summed E-state index contributed by atoms with van der Waals surface area (Å²) in [5.74, 6) is -0.695. The molecule has 0 radical (unpaired) electrons. The number of hydrogen-bond acceptors (Lipinski definition) is 8. The monoisotopic (exact) mass is 747 g/mol. The van der Waals surface area contributed by atoms with Crippen molar-refractivity contribution in [2.75, 3.05) is 64.4 Å². The highest BCUT2D eigenvalue weighted by molar-refractivity contribution is 7.80. The Morgan fingerprint density at radius 1 is 1.23 bits per heavy atom. The third-order valence-corrected chi connectivity index (χ3v) is 10.4. The summed E-state index contributed by atoms with van der Waals surface area (Å²) in [6, 6.07) is 13.6. The highest BCUT2D eigenvalue weighted by atomic mass is 35.5. The number of rotatable bonds is 13. The minimum atomic E-state index is -2.84. The van der Waals surface area contributed by atoms with Gasteiger partial charge in [-0.3, -0.25) is 9.36 Å². The van der Waals surface area contributed by atoms with E-state index in [4.69, 9.17) is 42.8 Å². The zero-order valence-corrected chi connectivity index (χ0v) is 30.8. The molecular weight excluding hydrogens is 703 g/mol. The normalized spacial score (nSPS) is 20.7. The lowest BCUT2D eigenvalue weighted by Crippen LogP contribution is -2.40. The van der Waals surface area contributed by atoms with Gasteiger partial charge in [0, 0.05) is 44.1 Å². The van der Waals surface area contributed by atoms with Crippen LogP contribution in [0.1, 0.15) is 48.4 Å². The summed E-state index contributed by atoms with van der Waals surface area (Å²) >= 11 is 14.9. The fraction of sp³-hybridized carbons (Fsp3) is 0.531. The summed E-state index contributed by atoms with van der Waals surface area (Å²) in [6.07, 6.45) is 2.67. The van der Waals surface area contributed by atoms with Crippen molar-refractivity contribution >= 4 is 55.4 Å². The number of carbonyl (C=O) groups excluding carboxylic acids is 1. The summed E-state index contributed by atoms with van der Waals surface area (Å²) in [5.41, 5.74) is 3.18. The predicted octanol–water partition coefficient (Wildman–Crippen LogP) is 5.20. The first kappa shape index (κ1) is 41.9. The number of hydrogen-bond donors (Lipinski definition) is 4. The Kier molecular flexibility index (Phi) is 18.4. The molecule has 11 nitrogen and oxygen atoms in total. The number of nitrogens with one attached hydrogen (secondary N) is 2. The predicted molar refractivity (Wildman–Crippen MR) is 189 cm³/mol. The number of fused-ring (bicyclic) bond motifs is 1. The van der Waals surface area contributed by atoms with Crippen molar-refractivity contribution in [1.82, 2.24) is 20.0 Å². The van der Waals surface area contributed by atoms with E-state index in [1.165, 1.54) is 19.1 Å². The summed E-state index contributed by atoms with van der Waals surface area (Å²) < 4.78 is 38.9. The second-order valence-corrected chi connectivity index (χ2v) is 14.5. The molecule has 3 atom stereocenters. The standard InChI is InChI=1S/C20H21FN2O.C7H15Cl2N2O2P.C5H9NO3S/c1-23(2)11-3-10-20(17-5-7-18(21)8-6-17)19-9-4-15(13-22)12-16(19)14-24-20;8-2-4-10-14(12)11(6-3-9)5-1-7-13-14;1-3(7)6-4(2-10)5(8)9/h4-9,12H,3,10-11,14H2,1-2H3;1-7H2,(H,10,12);4,10H,2H2,1H3,(H,6,7)(H,8,9)/t;;4-/m..0/s1. The number of nitriles is 1. The smallest absolute Gasteiger partial charge is 0.343 e. The highest BCUT2D eigenvalue weighted by Crippen LogP contribution is 2.49. The number of halogens is 3. The topological polar surface area (TPSA) is 144 Å². The number of carboxylic acids is 1. The van der Waals surface area contributed by atoms with Gasteiger partial charge in [-0.2, -0.15) is 17.9 Å². The molecule has 48 heavy (non-hydrogen) atoms. The molecular formula is C32H45Cl2FN5O6PS. The Labute approximate surface area is 298 Å². The second kappa shape index (κ2) is 21.1. The SMILES string of the molecule is CC(=O)N[C@@H](CS)C(=O)O.CN(C)CCCC1(c2ccc(F)cc2)OCc2cc(C#N)ccc21.O=P1(NCCCl)OCCCN1CCCl. The van der Waals surface area contributed by atoms with Crippen LogP contribution in [0.25, 0.3) is 0 Å². The second-order valence-electron chi connectivity index (χ2n) is 11.2. The average Bonchev–Trinajstić information content (AvgIpc) is 3.43. The van der Waals surface area contributed by atoms with Gasteiger partial charge in [0.25, 0.3) is 0 Å². The Balaban J connectivity index is 0.000000283. The minimum Gasteiger partial charge on any atom is -0.480 e. The van der Waals surface area contributed by atoms with Gasteiger partial charge in [0.05, 0.1) is 24.8 Å². The Morgan fingerprint density at radius 2 is 1.94 bits per heavy atom. The lowest BCUT2D eigenvalue weighted by molar-refractivity contribution is -0.140. The van der Waals surface area contributed by atoms with Gasteiger partial charge in [0.1, 0.15) is 17.5 Å². The molecule has 1 saturated heterocycles. The molecule has 1 amide bonds. The Bertz CT molecular complexity index is 1420. The molecule has 0 saturated carbocycles. The summed E-state index contributed by atoms with van der Waals surface area (Å²) in [4.78, 5) is 22.7.